The molecule has 2 rings (SSSR count). The number of hydrogen-bond donors (Lipinski definition) is 0. The summed E-state index contributed by atoms with van der Waals surface area (Å²) in [7, 11) is 0. The van der Waals surface area contributed by atoms with Gasteiger partial charge < -0.3 is 9.47 Å². The molecule has 0 radical (unpaired) electrons. The Labute approximate surface area is 90.5 Å². The fraction of sp³-hybridized carbons (Fsp3) is 0.385. The van der Waals surface area contributed by atoms with Gasteiger partial charge in [0.2, 0.25) is 0 Å². The lowest BCUT2D eigenvalue weighted by Gasteiger charge is -2.09. The van der Waals surface area contributed by atoms with E-state index in [4.69, 9.17) is 9.47 Å². The van der Waals surface area contributed by atoms with Gasteiger partial charge in [0.15, 0.2) is 0 Å². The average Bonchev–Trinajstić information content (AvgIpc) is 3.02. The minimum Gasteiger partial charge on any atom is -0.374 e. The molecule has 0 aliphatic carbocycles. The molecular weight excluding hydrogens is 188 g/mol. The SMILES string of the molecule is C=C(C)c1ccccc1COCC1CO1. The summed E-state index contributed by atoms with van der Waals surface area (Å²) < 4.78 is 10.6. The zero-order valence-electron chi connectivity index (χ0n) is 9.03. The fourth-order valence-electron chi connectivity index (χ4n) is 1.53. The summed E-state index contributed by atoms with van der Waals surface area (Å²) in [4.78, 5) is 0. The molecule has 0 amide bonds. The van der Waals surface area contributed by atoms with Crippen molar-refractivity contribution in [3.63, 3.8) is 0 Å². The van der Waals surface area contributed by atoms with Crippen LogP contribution < -0.4 is 0 Å². The Morgan fingerprint density at radius 2 is 2.27 bits per heavy atom. The van der Waals surface area contributed by atoms with E-state index in [1.165, 1.54) is 11.1 Å². The summed E-state index contributed by atoms with van der Waals surface area (Å²) in [5.41, 5.74) is 3.47. The third kappa shape index (κ3) is 2.91. The first kappa shape index (κ1) is 10.4. The minimum absolute atomic E-state index is 0.335. The Morgan fingerprint density at radius 1 is 1.53 bits per heavy atom. The van der Waals surface area contributed by atoms with Crippen molar-refractivity contribution in [1.29, 1.82) is 0 Å². The van der Waals surface area contributed by atoms with Gasteiger partial charge in [0.1, 0.15) is 6.10 Å². The maximum atomic E-state index is 5.57. The molecule has 2 heteroatoms. The molecule has 1 aliphatic rings. The van der Waals surface area contributed by atoms with Crippen LogP contribution in [-0.2, 0) is 16.1 Å². The summed E-state index contributed by atoms with van der Waals surface area (Å²) in [5.74, 6) is 0. The standard InChI is InChI=1S/C13H16O2/c1-10(2)13-6-4-3-5-11(13)7-14-8-12-9-15-12/h3-6,12H,1,7-9H2,2H3. The molecule has 1 aromatic rings. The first-order chi connectivity index (χ1) is 7.27. The second kappa shape index (κ2) is 4.60. The lowest BCUT2D eigenvalue weighted by Crippen LogP contribution is -2.02. The molecular formula is C13H16O2. The predicted molar refractivity (Wildman–Crippen MR) is 60.5 cm³/mol. The van der Waals surface area contributed by atoms with E-state index in [9.17, 15) is 0 Å². The molecule has 1 fully saturated rings. The van der Waals surface area contributed by atoms with Crippen molar-refractivity contribution >= 4 is 5.57 Å². The van der Waals surface area contributed by atoms with Crippen molar-refractivity contribution < 1.29 is 9.47 Å². The van der Waals surface area contributed by atoms with Gasteiger partial charge in [-0.3, -0.25) is 0 Å². The summed E-state index contributed by atoms with van der Waals surface area (Å²) >= 11 is 0. The van der Waals surface area contributed by atoms with Crippen LogP contribution >= 0.6 is 0 Å². The van der Waals surface area contributed by atoms with Crippen molar-refractivity contribution in [3.8, 4) is 0 Å². The second-order valence-corrected chi connectivity index (χ2v) is 3.91. The number of benzene rings is 1. The maximum absolute atomic E-state index is 5.57. The van der Waals surface area contributed by atoms with Gasteiger partial charge in [0.05, 0.1) is 19.8 Å². The second-order valence-electron chi connectivity index (χ2n) is 3.91. The first-order valence-corrected chi connectivity index (χ1v) is 5.20. The zero-order valence-corrected chi connectivity index (χ0v) is 9.03. The molecule has 0 saturated carbocycles. The largest absolute Gasteiger partial charge is 0.374 e. The highest BCUT2D eigenvalue weighted by molar-refractivity contribution is 5.64. The molecule has 1 aliphatic heterocycles. The summed E-state index contributed by atoms with van der Waals surface area (Å²) in [5, 5.41) is 0. The molecule has 80 valence electrons. The Balaban J connectivity index is 1.95. The monoisotopic (exact) mass is 204 g/mol. The van der Waals surface area contributed by atoms with Crippen molar-refractivity contribution in [2.45, 2.75) is 19.6 Å². The summed E-state index contributed by atoms with van der Waals surface area (Å²) in [6.07, 6.45) is 0.335. The number of epoxide rings is 1. The van der Waals surface area contributed by atoms with Crippen LogP contribution in [0.4, 0.5) is 0 Å². The molecule has 0 bridgehead atoms. The van der Waals surface area contributed by atoms with Crippen molar-refractivity contribution in [1.82, 2.24) is 0 Å². The highest BCUT2D eigenvalue weighted by atomic mass is 16.6. The molecule has 1 atom stereocenters. The van der Waals surface area contributed by atoms with Gasteiger partial charge in [-0.2, -0.15) is 0 Å². The topological polar surface area (TPSA) is 21.8 Å². The lowest BCUT2D eigenvalue weighted by atomic mass is 10.0. The van der Waals surface area contributed by atoms with E-state index < -0.39 is 0 Å². The van der Waals surface area contributed by atoms with E-state index in [1.807, 2.05) is 19.1 Å². The first-order valence-electron chi connectivity index (χ1n) is 5.20. The van der Waals surface area contributed by atoms with Crippen molar-refractivity contribution in [2.75, 3.05) is 13.2 Å². The van der Waals surface area contributed by atoms with Crippen LogP contribution in [0.1, 0.15) is 18.1 Å². The third-order valence-corrected chi connectivity index (χ3v) is 2.44. The molecule has 0 N–H and O–H groups in total. The van der Waals surface area contributed by atoms with E-state index >= 15 is 0 Å². The Morgan fingerprint density at radius 3 is 2.93 bits per heavy atom. The molecule has 1 heterocycles. The Hall–Kier alpha value is -1.12. The van der Waals surface area contributed by atoms with E-state index in [0.29, 0.717) is 19.3 Å². The molecule has 15 heavy (non-hydrogen) atoms. The van der Waals surface area contributed by atoms with Crippen LogP contribution in [0.3, 0.4) is 0 Å². The quantitative estimate of drug-likeness (QED) is 0.688. The van der Waals surface area contributed by atoms with Gasteiger partial charge in [0, 0.05) is 0 Å². The molecule has 2 nitrogen and oxygen atoms in total. The number of ether oxygens (including phenoxy) is 2. The normalized spacial score (nSPS) is 18.9. The highest BCUT2D eigenvalue weighted by Crippen LogP contribution is 2.18. The lowest BCUT2D eigenvalue weighted by molar-refractivity contribution is 0.104. The minimum atomic E-state index is 0.335. The van der Waals surface area contributed by atoms with Crippen LogP contribution in [0.15, 0.2) is 30.8 Å². The molecule has 0 aromatic heterocycles. The van der Waals surface area contributed by atoms with Gasteiger partial charge in [-0.1, -0.05) is 36.4 Å². The van der Waals surface area contributed by atoms with E-state index in [2.05, 4.69) is 18.7 Å². The van der Waals surface area contributed by atoms with Crippen LogP contribution in [0.2, 0.25) is 0 Å². The van der Waals surface area contributed by atoms with Crippen LogP contribution in [-0.4, -0.2) is 19.3 Å². The Bertz CT molecular complexity index is 353. The van der Waals surface area contributed by atoms with Gasteiger partial charge in [-0.05, 0) is 18.1 Å². The average molecular weight is 204 g/mol. The van der Waals surface area contributed by atoms with E-state index in [1.54, 1.807) is 0 Å². The predicted octanol–water partition coefficient (Wildman–Crippen LogP) is 2.64. The highest BCUT2D eigenvalue weighted by Gasteiger charge is 2.22. The van der Waals surface area contributed by atoms with Gasteiger partial charge >= 0.3 is 0 Å². The number of hydrogen-bond acceptors (Lipinski definition) is 2. The number of rotatable bonds is 5. The van der Waals surface area contributed by atoms with Crippen LogP contribution in [0.5, 0.6) is 0 Å². The maximum Gasteiger partial charge on any atom is 0.104 e. The van der Waals surface area contributed by atoms with Gasteiger partial charge in [-0.15, -0.1) is 0 Å². The summed E-state index contributed by atoms with van der Waals surface area (Å²) in [6, 6.07) is 8.21. The van der Waals surface area contributed by atoms with E-state index in [-0.39, 0.29) is 0 Å². The molecule has 1 saturated heterocycles. The number of allylic oxidation sites excluding steroid dienone is 1. The molecule has 0 spiro atoms. The molecule has 1 aromatic carbocycles. The van der Waals surface area contributed by atoms with Crippen LogP contribution in [0, 0.1) is 0 Å². The summed E-state index contributed by atoms with van der Waals surface area (Å²) in [6.45, 7) is 8.17. The zero-order chi connectivity index (χ0) is 10.7. The Kier molecular flexibility index (Phi) is 3.19. The van der Waals surface area contributed by atoms with Gasteiger partial charge in [-0.25, -0.2) is 0 Å². The third-order valence-electron chi connectivity index (χ3n) is 2.44. The van der Waals surface area contributed by atoms with Crippen molar-refractivity contribution in [3.05, 3.63) is 42.0 Å². The van der Waals surface area contributed by atoms with E-state index in [0.717, 1.165) is 12.2 Å². The van der Waals surface area contributed by atoms with Crippen molar-refractivity contribution in [2.24, 2.45) is 0 Å². The van der Waals surface area contributed by atoms with Crippen LogP contribution in [0.25, 0.3) is 5.57 Å². The smallest absolute Gasteiger partial charge is 0.104 e. The molecule has 1 unspecified atom stereocenters. The fourth-order valence-corrected chi connectivity index (χ4v) is 1.53. The van der Waals surface area contributed by atoms with Gasteiger partial charge in [0.25, 0.3) is 0 Å².